The third-order valence-electron chi connectivity index (χ3n) is 0.937. The third kappa shape index (κ3) is 6.53. The monoisotopic (exact) mass is 149 g/mol. The van der Waals surface area contributed by atoms with Crippen LogP contribution in [-0.2, 0) is 4.80 Å². The third-order valence-corrected chi connectivity index (χ3v) is 2.81. The van der Waals surface area contributed by atoms with Gasteiger partial charge in [-0.25, -0.2) is 0 Å². The molecule has 0 saturated heterocycles. The van der Waals surface area contributed by atoms with Gasteiger partial charge in [-0.3, -0.25) is 4.80 Å². The fourth-order valence-corrected chi connectivity index (χ4v) is 1.99. The molecule has 0 heterocycles. The van der Waals surface area contributed by atoms with Crippen LogP contribution in [0, 0.1) is 0 Å². The Balaban J connectivity index is 3.11. The van der Waals surface area contributed by atoms with E-state index in [4.69, 9.17) is 0 Å². The van der Waals surface area contributed by atoms with Gasteiger partial charge in [0.2, 0.25) is 8.32 Å². The molecule has 0 aliphatic rings. The maximum absolute atomic E-state index is 11.0. The zero-order valence-electron chi connectivity index (χ0n) is 5.48. The van der Waals surface area contributed by atoms with Gasteiger partial charge in [0.15, 0.2) is 0 Å². The largest absolute Gasteiger partial charge is 0.298 e. The maximum Gasteiger partial charge on any atom is 0.231 e. The molecule has 0 spiro atoms. The van der Waals surface area contributed by atoms with E-state index in [1.54, 1.807) is 0 Å². The molecule has 0 aliphatic heterocycles. The van der Waals surface area contributed by atoms with Gasteiger partial charge in [-0.2, -0.15) is 12.6 Å². The molecule has 3 heteroatoms. The van der Waals surface area contributed by atoms with Gasteiger partial charge in [-0.1, -0.05) is 0 Å². The highest BCUT2D eigenvalue weighted by molar-refractivity contribution is 7.80. The van der Waals surface area contributed by atoms with Crippen LogP contribution < -0.4 is 0 Å². The van der Waals surface area contributed by atoms with Gasteiger partial charge in [-0.15, -0.1) is 0 Å². The van der Waals surface area contributed by atoms with Crippen molar-refractivity contribution < 1.29 is 4.80 Å². The van der Waals surface area contributed by atoms with Gasteiger partial charge in [0.05, 0.1) is 0 Å². The van der Waals surface area contributed by atoms with Crippen LogP contribution in [-0.4, -0.2) is 14.1 Å². The van der Waals surface area contributed by atoms with Crippen molar-refractivity contribution in [2.24, 2.45) is 0 Å². The SMILES string of the molecule is C[Si](C)([O])CCCS. The summed E-state index contributed by atoms with van der Waals surface area (Å²) in [6, 6.07) is 0.872. The maximum atomic E-state index is 11.0. The molecule has 0 amide bonds. The molecule has 1 nitrogen and oxygen atoms in total. The van der Waals surface area contributed by atoms with Gasteiger partial charge in [0.25, 0.3) is 0 Å². The second-order valence-electron chi connectivity index (χ2n) is 2.59. The summed E-state index contributed by atoms with van der Waals surface area (Å²) >= 11 is 4.02. The van der Waals surface area contributed by atoms with Crippen LogP contribution in [0.3, 0.4) is 0 Å². The summed E-state index contributed by atoms with van der Waals surface area (Å²) in [6.07, 6.45) is 0.992. The molecule has 0 aromatic heterocycles. The van der Waals surface area contributed by atoms with E-state index in [0.717, 1.165) is 18.2 Å². The Bertz CT molecular complexity index is 59.9. The van der Waals surface area contributed by atoms with Crippen LogP contribution in [0.2, 0.25) is 19.1 Å². The predicted octanol–water partition coefficient (Wildman–Crippen LogP) is 1.94. The highest BCUT2D eigenvalue weighted by atomic mass is 32.1. The Hall–Kier alpha value is 0.527. The molecular formula is C5H13OSSi. The van der Waals surface area contributed by atoms with E-state index in [0.29, 0.717) is 0 Å². The summed E-state index contributed by atoms with van der Waals surface area (Å²) < 4.78 is 0. The molecule has 0 aromatic rings. The minimum absolute atomic E-state index is 0.860. The molecule has 0 N–H and O–H groups in total. The van der Waals surface area contributed by atoms with Gasteiger partial charge in [-0.05, 0) is 31.3 Å². The molecule has 0 aromatic carbocycles. The summed E-state index contributed by atoms with van der Waals surface area (Å²) in [7, 11) is -1.98. The van der Waals surface area contributed by atoms with Crippen LogP contribution in [0.15, 0.2) is 0 Å². The minimum atomic E-state index is -1.98. The first-order valence-corrected chi connectivity index (χ1v) is 6.62. The molecule has 8 heavy (non-hydrogen) atoms. The zero-order chi connectivity index (χ0) is 6.62. The van der Waals surface area contributed by atoms with Crippen molar-refractivity contribution in [2.45, 2.75) is 25.6 Å². The highest BCUT2D eigenvalue weighted by Gasteiger charge is 2.17. The topological polar surface area (TPSA) is 19.9 Å². The molecule has 0 aliphatic carbocycles. The Kier molecular flexibility index (Phi) is 3.77. The van der Waals surface area contributed by atoms with Crippen molar-refractivity contribution in [1.29, 1.82) is 0 Å². The smallest absolute Gasteiger partial charge is 0.231 e. The Morgan fingerprint density at radius 3 is 2.12 bits per heavy atom. The predicted molar refractivity (Wildman–Crippen MR) is 41.4 cm³/mol. The highest BCUT2D eigenvalue weighted by Crippen LogP contribution is 2.08. The summed E-state index contributed by atoms with van der Waals surface area (Å²) in [5, 5.41) is 0. The van der Waals surface area contributed by atoms with Crippen molar-refractivity contribution in [1.82, 2.24) is 0 Å². The molecule has 49 valence electrons. The van der Waals surface area contributed by atoms with Crippen LogP contribution in [0.25, 0.3) is 0 Å². The summed E-state index contributed by atoms with van der Waals surface area (Å²) in [5.41, 5.74) is 0. The lowest BCUT2D eigenvalue weighted by Gasteiger charge is -2.07. The van der Waals surface area contributed by atoms with E-state index in [1.165, 1.54) is 0 Å². The summed E-state index contributed by atoms with van der Waals surface area (Å²) in [4.78, 5) is 11.0. The van der Waals surface area contributed by atoms with Crippen LogP contribution in [0.1, 0.15) is 6.42 Å². The molecule has 0 rings (SSSR count). The quantitative estimate of drug-likeness (QED) is 0.467. The average molecular weight is 149 g/mol. The van der Waals surface area contributed by atoms with E-state index in [1.807, 2.05) is 13.1 Å². The minimum Gasteiger partial charge on any atom is -0.298 e. The first kappa shape index (κ1) is 8.53. The molecular weight excluding hydrogens is 136 g/mol. The average Bonchev–Trinajstić information content (AvgIpc) is 1.59. The van der Waals surface area contributed by atoms with Gasteiger partial charge in [0, 0.05) is 0 Å². The van der Waals surface area contributed by atoms with Crippen LogP contribution >= 0.6 is 12.6 Å². The fourth-order valence-electron chi connectivity index (χ4n) is 0.505. The van der Waals surface area contributed by atoms with Gasteiger partial charge in [0.1, 0.15) is 0 Å². The standard InChI is InChI=1S/C5H13OSSi/c1-8(2,6)5-3-4-7/h7H,3-5H2,1-2H3. The second-order valence-corrected chi connectivity index (χ2v) is 7.05. The van der Waals surface area contributed by atoms with Crippen molar-refractivity contribution in [3.05, 3.63) is 0 Å². The van der Waals surface area contributed by atoms with Crippen molar-refractivity contribution in [2.75, 3.05) is 5.75 Å². The lowest BCUT2D eigenvalue weighted by molar-refractivity contribution is 0.427. The summed E-state index contributed by atoms with van der Waals surface area (Å²) in [5.74, 6) is 0.860. The first-order valence-electron chi connectivity index (χ1n) is 2.87. The van der Waals surface area contributed by atoms with Crippen molar-refractivity contribution in [3.8, 4) is 0 Å². The number of hydrogen-bond acceptors (Lipinski definition) is 1. The second kappa shape index (κ2) is 3.53. The molecule has 0 atom stereocenters. The lowest BCUT2D eigenvalue weighted by atomic mass is 10.6. The van der Waals surface area contributed by atoms with E-state index in [2.05, 4.69) is 12.6 Å². The molecule has 1 radical (unpaired) electrons. The Morgan fingerprint density at radius 2 is 2.00 bits per heavy atom. The molecule has 0 bridgehead atoms. The normalized spacial score (nSPS) is 12.0. The van der Waals surface area contributed by atoms with E-state index in [9.17, 15) is 4.80 Å². The van der Waals surface area contributed by atoms with E-state index >= 15 is 0 Å². The van der Waals surface area contributed by atoms with E-state index < -0.39 is 8.32 Å². The van der Waals surface area contributed by atoms with E-state index in [-0.39, 0.29) is 0 Å². The molecule has 0 unspecified atom stereocenters. The zero-order valence-corrected chi connectivity index (χ0v) is 7.37. The number of thiol groups is 1. The van der Waals surface area contributed by atoms with Gasteiger partial charge < -0.3 is 0 Å². The Labute approximate surface area is 57.7 Å². The van der Waals surface area contributed by atoms with Crippen molar-refractivity contribution in [3.63, 3.8) is 0 Å². The first-order chi connectivity index (χ1) is 3.56. The number of rotatable bonds is 3. The van der Waals surface area contributed by atoms with Crippen LogP contribution in [0.4, 0.5) is 0 Å². The molecule has 0 fully saturated rings. The van der Waals surface area contributed by atoms with Gasteiger partial charge >= 0.3 is 0 Å². The van der Waals surface area contributed by atoms with Crippen molar-refractivity contribution >= 4 is 20.9 Å². The molecule has 0 saturated carbocycles. The Morgan fingerprint density at radius 1 is 1.50 bits per heavy atom. The lowest BCUT2D eigenvalue weighted by Crippen LogP contribution is -2.22. The van der Waals surface area contributed by atoms with Crippen LogP contribution in [0.5, 0.6) is 0 Å². The summed E-state index contributed by atoms with van der Waals surface area (Å²) in [6.45, 7) is 3.69. The fraction of sp³-hybridized carbons (Fsp3) is 1.00. The number of hydrogen-bond donors (Lipinski definition) is 1.